The molecular weight excluding hydrogens is 272 g/mol. The van der Waals surface area contributed by atoms with Crippen LogP contribution in [-0.4, -0.2) is 26.4 Å². The third kappa shape index (κ3) is 3.14. The smallest absolute Gasteiger partial charge is 0.144 e. The molecule has 3 rings (SSSR count). The Morgan fingerprint density at radius 1 is 1.09 bits per heavy atom. The average Bonchev–Trinajstić information content (AvgIpc) is 3.08. The van der Waals surface area contributed by atoms with E-state index < -0.39 is 0 Å². The molecule has 0 saturated carbocycles. The number of benzene rings is 2. The number of nitrogens with zero attached hydrogens (tertiary/aromatic N) is 2. The minimum Gasteiger partial charge on any atom is -0.494 e. The maximum Gasteiger partial charge on any atom is 0.144 e. The average molecular weight is 294 g/mol. The Kier molecular flexibility index (Phi) is 4.42. The zero-order chi connectivity index (χ0) is 15.4. The molecule has 114 valence electrons. The number of aryl methyl sites for hydroxylation is 1. The summed E-state index contributed by atoms with van der Waals surface area (Å²) in [4.78, 5) is 7.02. The Labute approximate surface area is 132 Å². The number of methoxy groups -OCH3 is 1. The minimum atomic E-state index is 0.796. The molecule has 2 aromatic carbocycles. The Hall–Kier alpha value is -2.29. The Balaban J connectivity index is 1.81. The fourth-order valence-corrected chi connectivity index (χ4v) is 2.85. The van der Waals surface area contributed by atoms with Crippen LogP contribution in [0.1, 0.15) is 24.0 Å². The second kappa shape index (κ2) is 6.65. The van der Waals surface area contributed by atoms with Crippen LogP contribution in [0.25, 0.3) is 0 Å². The summed E-state index contributed by atoms with van der Waals surface area (Å²) in [6.45, 7) is 4.49. The van der Waals surface area contributed by atoms with E-state index in [2.05, 4.69) is 35.0 Å². The molecule has 1 saturated heterocycles. The van der Waals surface area contributed by atoms with Crippen molar-refractivity contribution < 1.29 is 4.74 Å². The van der Waals surface area contributed by atoms with E-state index in [1.807, 2.05) is 30.5 Å². The van der Waals surface area contributed by atoms with Gasteiger partial charge in [0.05, 0.1) is 7.11 Å². The maximum absolute atomic E-state index is 5.33. The van der Waals surface area contributed by atoms with Gasteiger partial charge in [-0.1, -0.05) is 18.2 Å². The van der Waals surface area contributed by atoms with Crippen molar-refractivity contribution in [2.24, 2.45) is 4.99 Å². The number of hydrogen-bond donors (Lipinski definition) is 0. The fourth-order valence-electron chi connectivity index (χ4n) is 2.85. The first-order chi connectivity index (χ1) is 10.8. The normalized spacial score (nSPS) is 14.7. The molecule has 0 aromatic heterocycles. The summed E-state index contributed by atoms with van der Waals surface area (Å²) in [5.74, 6) is 0.796. The van der Waals surface area contributed by atoms with Gasteiger partial charge >= 0.3 is 0 Å². The van der Waals surface area contributed by atoms with Gasteiger partial charge in [-0.15, -0.1) is 0 Å². The molecule has 1 aliphatic heterocycles. The van der Waals surface area contributed by atoms with Crippen molar-refractivity contribution in [1.29, 1.82) is 0 Å². The summed E-state index contributed by atoms with van der Waals surface area (Å²) >= 11 is 0. The molecule has 0 atom stereocenters. The summed E-state index contributed by atoms with van der Waals surface area (Å²) in [6, 6.07) is 14.4. The molecule has 2 aromatic rings. The molecule has 0 unspecified atom stereocenters. The van der Waals surface area contributed by atoms with Gasteiger partial charge in [-0.05, 0) is 55.2 Å². The molecule has 22 heavy (non-hydrogen) atoms. The van der Waals surface area contributed by atoms with Crippen LogP contribution in [-0.2, 0) is 0 Å². The monoisotopic (exact) mass is 294 g/mol. The number of ether oxygens (including phenoxy) is 1. The number of para-hydroxylation sites is 2. The van der Waals surface area contributed by atoms with Gasteiger partial charge in [0.15, 0.2) is 0 Å². The van der Waals surface area contributed by atoms with E-state index >= 15 is 0 Å². The summed E-state index contributed by atoms with van der Waals surface area (Å²) in [5.41, 5.74) is 4.58. The lowest BCUT2D eigenvalue weighted by Crippen LogP contribution is -2.17. The van der Waals surface area contributed by atoms with E-state index in [9.17, 15) is 0 Å². The molecule has 1 heterocycles. The van der Waals surface area contributed by atoms with Crippen LogP contribution in [0.2, 0.25) is 0 Å². The van der Waals surface area contributed by atoms with Crippen molar-refractivity contribution in [2.45, 2.75) is 19.8 Å². The first kappa shape index (κ1) is 14.6. The molecule has 0 N–H and O–H groups in total. The van der Waals surface area contributed by atoms with Gasteiger partial charge < -0.3 is 9.64 Å². The summed E-state index contributed by atoms with van der Waals surface area (Å²) in [7, 11) is 1.67. The van der Waals surface area contributed by atoms with Crippen molar-refractivity contribution in [1.82, 2.24) is 0 Å². The summed E-state index contributed by atoms with van der Waals surface area (Å²) in [5, 5.41) is 0. The summed E-state index contributed by atoms with van der Waals surface area (Å²) in [6.07, 6.45) is 4.52. The third-order valence-electron chi connectivity index (χ3n) is 4.15. The number of hydrogen-bond acceptors (Lipinski definition) is 3. The van der Waals surface area contributed by atoms with E-state index in [1.54, 1.807) is 7.11 Å². The van der Waals surface area contributed by atoms with Crippen LogP contribution in [0.4, 0.5) is 11.4 Å². The van der Waals surface area contributed by atoms with E-state index in [1.165, 1.54) is 37.2 Å². The second-order valence-electron chi connectivity index (χ2n) is 5.67. The molecule has 0 bridgehead atoms. The van der Waals surface area contributed by atoms with Crippen LogP contribution in [0, 0.1) is 6.92 Å². The largest absolute Gasteiger partial charge is 0.494 e. The standard InChI is InChI=1S/C19H22N2O/c1-15-13-17(21-11-5-6-12-21)10-9-16(15)14-20-18-7-3-4-8-19(18)22-2/h3-4,7-10,13-14H,5-6,11-12H2,1-2H3. The number of aliphatic imine (C=N–C) groups is 1. The Morgan fingerprint density at radius 3 is 2.59 bits per heavy atom. The topological polar surface area (TPSA) is 24.8 Å². The molecule has 0 aliphatic carbocycles. The molecule has 0 spiro atoms. The minimum absolute atomic E-state index is 0.796. The fraction of sp³-hybridized carbons (Fsp3) is 0.316. The first-order valence-electron chi connectivity index (χ1n) is 7.80. The van der Waals surface area contributed by atoms with Gasteiger partial charge in [-0.2, -0.15) is 0 Å². The third-order valence-corrected chi connectivity index (χ3v) is 4.15. The predicted octanol–water partition coefficient (Wildman–Crippen LogP) is 4.35. The van der Waals surface area contributed by atoms with E-state index in [0.29, 0.717) is 0 Å². The second-order valence-corrected chi connectivity index (χ2v) is 5.67. The van der Waals surface area contributed by atoms with Crippen molar-refractivity contribution in [3.05, 3.63) is 53.6 Å². The van der Waals surface area contributed by atoms with Crippen LogP contribution in [0.3, 0.4) is 0 Å². The van der Waals surface area contributed by atoms with Crippen molar-refractivity contribution >= 4 is 17.6 Å². The van der Waals surface area contributed by atoms with Gasteiger partial charge in [0.2, 0.25) is 0 Å². The van der Waals surface area contributed by atoms with Gasteiger partial charge in [-0.25, -0.2) is 0 Å². The van der Waals surface area contributed by atoms with Crippen LogP contribution >= 0.6 is 0 Å². The highest BCUT2D eigenvalue weighted by atomic mass is 16.5. The quantitative estimate of drug-likeness (QED) is 0.783. The highest BCUT2D eigenvalue weighted by Gasteiger charge is 2.12. The lowest BCUT2D eigenvalue weighted by Gasteiger charge is -2.18. The number of anilines is 1. The van der Waals surface area contributed by atoms with Crippen molar-refractivity contribution in [2.75, 3.05) is 25.1 Å². The lowest BCUT2D eigenvalue weighted by molar-refractivity contribution is 0.416. The highest BCUT2D eigenvalue weighted by molar-refractivity contribution is 5.85. The van der Waals surface area contributed by atoms with E-state index in [0.717, 1.165) is 17.0 Å². The van der Waals surface area contributed by atoms with E-state index in [4.69, 9.17) is 4.74 Å². The zero-order valence-corrected chi connectivity index (χ0v) is 13.2. The highest BCUT2D eigenvalue weighted by Crippen LogP contribution is 2.27. The lowest BCUT2D eigenvalue weighted by atomic mass is 10.1. The van der Waals surface area contributed by atoms with E-state index in [-0.39, 0.29) is 0 Å². The molecule has 1 fully saturated rings. The van der Waals surface area contributed by atoms with Gasteiger partial charge in [0.1, 0.15) is 11.4 Å². The van der Waals surface area contributed by atoms with Crippen LogP contribution in [0.5, 0.6) is 5.75 Å². The molecule has 3 heteroatoms. The predicted molar refractivity (Wildman–Crippen MR) is 92.9 cm³/mol. The van der Waals surface area contributed by atoms with Crippen LogP contribution < -0.4 is 9.64 Å². The molecule has 3 nitrogen and oxygen atoms in total. The van der Waals surface area contributed by atoms with Crippen LogP contribution in [0.15, 0.2) is 47.5 Å². The molecule has 1 aliphatic rings. The van der Waals surface area contributed by atoms with Gasteiger partial charge in [0.25, 0.3) is 0 Å². The molecular formula is C19H22N2O. The number of rotatable bonds is 4. The zero-order valence-electron chi connectivity index (χ0n) is 13.2. The van der Waals surface area contributed by atoms with Gasteiger partial charge in [0, 0.05) is 25.0 Å². The Morgan fingerprint density at radius 2 is 1.86 bits per heavy atom. The van der Waals surface area contributed by atoms with Crippen molar-refractivity contribution in [3.8, 4) is 5.75 Å². The SMILES string of the molecule is COc1ccccc1N=Cc1ccc(N2CCCC2)cc1C. The maximum atomic E-state index is 5.33. The molecule has 0 radical (unpaired) electrons. The van der Waals surface area contributed by atoms with Gasteiger partial charge in [-0.3, -0.25) is 4.99 Å². The Bertz CT molecular complexity index is 673. The van der Waals surface area contributed by atoms with Crippen molar-refractivity contribution in [3.63, 3.8) is 0 Å². The molecule has 0 amide bonds. The summed E-state index contributed by atoms with van der Waals surface area (Å²) < 4.78 is 5.33. The first-order valence-corrected chi connectivity index (χ1v) is 7.80.